The summed E-state index contributed by atoms with van der Waals surface area (Å²) in [6, 6.07) is 7.86. The van der Waals surface area contributed by atoms with E-state index in [0.29, 0.717) is 0 Å². The Hall–Kier alpha value is -1.35. The molecule has 0 unspecified atom stereocenters. The van der Waals surface area contributed by atoms with Gasteiger partial charge in [0.1, 0.15) is 0 Å². The molecule has 1 saturated heterocycles. The Kier molecular flexibility index (Phi) is 4.37. The summed E-state index contributed by atoms with van der Waals surface area (Å²) < 4.78 is 0. The second kappa shape index (κ2) is 6.01. The lowest BCUT2D eigenvalue weighted by Gasteiger charge is -2.34. The van der Waals surface area contributed by atoms with Gasteiger partial charge < -0.3 is 4.90 Å². The Morgan fingerprint density at radius 3 is 2.56 bits per heavy atom. The second-order valence-electron chi connectivity index (χ2n) is 5.00. The van der Waals surface area contributed by atoms with Gasteiger partial charge >= 0.3 is 0 Å². The topological polar surface area (TPSA) is 23.6 Å². The number of benzene rings is 1. The fourth-order valence-corrected chi connectivity index (χ4v) is 2.45. The van der Waals surface area contributed by atoms with Crippen molar-refractivity contribution in [2.24, 2.45) is 0 Å². The predicted octanol–water partition coefficient (Wildman–Crippen LogP) is 2.16. The van der Waals surface area contributed by atoms with Crippen molar-refractivity contribution in [3.8, 4) is 0 Å². The van der Waals surface area contributed by atoms with E-state index in [-0.39, 0.29) is 5.91 Å². The van der Waals surface area contributed by atoms with Crippen molar-refractivity contribution in [2.75, 3.05) is 32.7 Å². The van der Waals surface area contributed by atoms with Gasteiger partial charge in [-0.1, -0.05) is 24.6 Å². The molecule has 18 heavy (non-hydrogen) atoms. The third-order valence-electron chi connectivity index (χ3n) is 3.46. The summed E-state index contributed by atoms with van der Waals surface area (Å²) in [6.45, 7) is 9.09. The van der Waals surface area contributed by atoms with Crippen LogP contribution in [0.1, 0.15) is 29.3 Å². The Morgan fingerprint density at radius 1 is 1.22 bits per heavy atom. The molecule has 1 heterocycles. The van der Waals surface area contributed by atoms with Crippen LogP contribution in [0.2, 0.25) is 0 Å². The average molecular weight is 246 g/mol. The van der Waals surface area contributed by atoms with Crippen LogP contribution in [0, 0.1) is 6.92 Å². The Balaban J connectivity index is 1.95. The Morgan fingerprint density at radius 2 is 1.94 bits per heavy atom. The van der Waals surface area contributed by atoms with Crippen LogP contribution in [0.25, 0.3) is 0 Å². The van der Waals surface area contributed by atoms with Gasteiger partial charge in [0.15, 0.2) is 0 Å². The van der Waals surface area contributed by atoms with Crippen molar-refractivity contribution in [1.29, 1.82) is 0 Å². The highest BCUT2D eigenvalue weighted by molar-refractivity contribution is 5.94. The zero-order chi connectivity index (χ0) is 13.0. The first-order valence-corrected chi connectivity index (χ1v) is 6.79. The molecule has 1 aliphatic heterocycles. The van der Waals surface area contributed by atoms with E-state index in [1.807, 2.05) is 36.1 Å². The van der Waals surface area contributed by atoms with Gasteiger partial charge in [-0.2, -0.15) is 0 Å². The SMILES string of the molecule is CCCN1CCN(C(=O)c2cccc(C)c2)CC1. The standard InChI is InChI=1S/C15H22N2O/c1-3-7-16-8-10-17(11-9-16)15(18)14-6-4-5-13(2)12-14/h4-6,12H,3,7-11H2,1-2H3. The van der Waals surface area contributed by atoms with E-state index >= 15 is 0 Å². The van der Waals surface area contributed by atoms with Crippen LogP contribution >= 0.6 is 0 Å². The van der Waals surface area contributed by atoms with Gasteiger partial charge in [-0.25, -0.2) is 0 Å². The quantitative estimate of drug-likeness (QED) is 0.816. The largest absolute Gasteiger partial charge is 0.336 e. The van der Waals surface area contributed by atoms with E-state index in [0.717, 1.165) is 43.9 Å². The zero-order valence-corrected chi connectivity index (χ0v) is 11.4. The first-order chi connectivity index (χ1) is 8.70. The molecule has 1 aromatic carbocycles. The third kappa shape index (κ3) is 3.10. The molecule has 98 valence electrons. The molecule has 0 aromatic heterocycles. The highest BCUT2D eigenvalue weighted by Gasteiger charge is 2.21. The monoisotopic (exact) mass is 246 g/mol. The third-order valence-corrected chi connectivity index (χ3v) is 3.46. The number of carbonyl (C=O) groups is 1. The Labute approximate surface area is 109 Å². The number of aryl methyl sites for hydroxylation is 1. The number of nitrogens with zero attached hydrogens (tertiary/aromatic N) is 2. The van der Waals surface area contributed by atoms with Gasteiger partial charge in [-0.15, -0.1) is 0 Å². The van der Waals surface area contributed by atoms with E-state index < -0.39 is 0 Å². The number of piperazine rings is 1. The molecule has 0 atom stereocenters. The van der Waals surface area contributed by atoms with Crippen molar-refractivity contribution >= 4 is 5.91 Å². The van der Waals surface area contributed by atoms with Gasteiger partial charge in [0.25, 0.3) is 5.91 Å². The minimum absolute atomic E-state index is 0.176. The van der Waals surface area contributed by atoms with Gasteiger partial charge in [-0.05, 0) is 32.0 Å². The van der Waals surface area contributed by atoms with Crippen LogP contribution in [0.5, 0.6) is 0 Å². The second-order valence-corrected chi connectivity index (χ2v) is 5.00. The van der Waals surface area contributed by atoms with Crippen molar-refractivity contribution in [2.45, 2.75) is 20.3 Å². The summed E-state index contributed by atoms with van der Waals surface area (Å²) in [6.07, 6.45) is 1.19. The number of carbonyl (C=O) groups excluding carboxylic acids is 1. The zero-order valence-electron chi connectivity index (χ0n) is 11.4. The molecule has 0 spiro atoms. The summed E-state index contributed by atoms with van der Waals surface area (Å²) in [5.74, 6) is 0.176. The normalized spacial score (nSPS) is 16.9. The molecule has 0 radical (unpaired) electrons. The van der Waals surface area contributed by atoms with Crippen molar-refractivity contribution in [3.05, 3.63) is 35.4 Å². The van der Waals surface area contributed by atoms with Crippen LogP contribution in [-0.2, 0) is 0 Å². The van der Waals surface area contributed by atoms with E-state index in [9.17, 15) is 4.79 Å². The number of rotatable bonds is 3. The highest BCUT2D eigenvalue weighted by atomic mass is 16.2. The maximum Gasteiger partial charge on any atom is 0.253 e. The van der Waals surface area contributed by atoms with E-state index in [1.54, 1.807) is 0 Å². The fraction of sp³-hybridized carbons (Fsp3) is 0.533. The number of amides is 1. The molecule has 1 aromatic rings. The van der Waals surface area contributed by atoms with Crippen LogP contribution in [0.3, 0.4) is 0 Å². The summed E-state index contributed by atoms with van der Waals surface area (Å²) >= 11 is 0. The highest BCUT2D eigenvalue weighted by Crippen LogP contribution is 2.10. The molecule has 1 amide bonds. The van der Waals surface area contributed by atoms with Crippen LogP contribution < -0.4 is 0 Å². The van der Waals surface area contributed by atoms with Crippen molar-refractivity contribution in [1.82, 2.24) is 9.80 Å². The first kappa shape index (κ1) is 13.1. The Bertz CT molecular complexity index is 409. The molecule has 3 heteroatoms. The maximum atomic E-state index is 12.3. The van der Waals surface area contributed by atoms with Gasteiger partial charge in [0, 0.05) is 31.7 Å². The molecule has 1 fully saturated rings. The van der Waals surface area contributed by atoms with Crippen LogP contribution in [-0.4, -0.2) is 48.4 Å². The molecular formula is C15H22N2O. The lowest BCUT2D eigenvalue weighted by molar-refractivity contribution is 0.0637. The summed E-state index contributed by atoms with van der Waals surface area (Å²) in [7, 11) is 0. The number of hydrogen-bond acceptors (Lipinski definition) is 2. The molecule has 1 aliphatic rings. The average Bonchev–Trinajstić information content (AvgIpc) is 2.39. The first-order valence-electron chi connectivity index (χ1n) is 6.79. The molecule has 0 aliphatic carbocycles. The van der Waals surface area contributed by atoms with Crippen LogP contribution in [0.4, 0.5) is 0 Å². The summed E-state index contributed by atoms with van der Waals surface area (Å²) in [4.78, 5) is 16.7. The van der Waals surface area contributed by atoms with E-state index in [1.165, 1.54) is 6.42 Å². The predicted molar refractivity (Wildman–Crippen MR) is 73.8 cm³/mol. The fourth-order valence-electron chi connectivity index (χ4n) is 2.45. The number of hydrogen-bond donors (Lipinski definition) is 0. The minimum Gasteiger partial charge on any atom is -0.336 e. The van der Waals surface area contributed by atoms with E-state index in [4.69, 9.17) is 0 Å². The van der Waals surface area contributed by atoms with Crippen LogP contribution in [0.15, 0.2) is 24.3 Å². The molecule has 0 bridgehead atoms. The summed E-state index contributed by atoms with van der Waals surface area (Å²) in [5, 5.41) is 0. The molecule has 0 N–H and O–H groups in total. The molecule has 3 nitrogen and oxygen atoms in total. The lowest BCUT2D eigenvalue weighted by atomic mass is 10.1. The lowest BCUT2D eigenvalue weighted by Crippen LogP contribution is -2.48. The van der Waals surface area contributed by atoms with Crippen molar-refractivity contribution in [3.63, 3.8) is 0 Å². The molecular weight excluding hydrogens is 224 g/mol. The maximum absolute atomic E-state index is 12.3. The molecule has 0 saturated carbocycles. The summed E-state index contributed by atoms with van der Waals surface area (Å²) in [5.41, 5.74) is 1.96. The van der Waals surface area contributed by atoms with Gasteiger partial charge in [0.2, 0.25) is 0 Å². The van der Waals surface area contributed by atoms with Crippen molar-refractivity contribution < 1.29 is 4.79 Å². The van der Waals surface area contributed by atoms with Gasteiger partial charge in [-0.3, -0.25) is 9.69 Å². The smallest absolute Gasteiger partial charge is 0.253 e. The molecule has 2 rings (SSSR count). The van der Waals surface area contributed by atoms with Gasteiger partial charge in [0.05, 0.1) is 0 Å². The van der Waals surface area contributed by atoms with E-state index in [2.05, 4.69) is 11.8 Å². The minimum atomic E-state index is 0.176.